The van der Waals surface area contributed by atoms with Crippen LogP contribution in [-0.2, 0) is 0 Å². The van der Waals surface area contributed by atoms with Crippen molar-refractivity contribution < 1.29 is 19.3 Å². The molecule has 2 aliphatic rings. The number of likely N-dealkylation sites (tertiary alicyclic amines) is 1. The number of aromatic hydroxyl groups is 1. The molecule has 5 nitrogen and oxygen atoms in total. The number of phenols is 1. The van der Waals surface area contributed by atoms with Gasteiger partial charge in [0.2, 0.25) is 0 Å². The van der Waals surface area contributed by atoms with Gasteiger partial charge in [-0.3, -0.25) is 4.90 Å². The highest BCUT2D eigenvalue weighted by Gasteiger charge is 2.45. The molecule has 0 unspecified atom stereocenters. The van der Waals surface area contributed by atoms with Gasteiger partial charge in [-0.15, -0.1) is 0 Å². The van der Waals surface area contributed by atoms with Crippen LogP contribution in [0.3, 0.4) is 0 Å². The van der Waals surface area contributed by atoms with Crippen molar-refractivity contribution in [2.24, 2.45) is 0 Å². The molecule has 2 aliphatic heterocycles. The first-order valence-electron chi connectivity index (χ1n) is 12.6. The van der Waals surface area contributed by atoms with Gasteiger partial charge in [0.1, 0.15) is 35.2 Å². The molecule has 0 radical (unpaired) electrons. The molecule has 5 heteroatoms. The van der Waals surface area contributed by atoms with Crippen LogP contribution in [0.25, 0.3) is 0 Å². The van der Waals surface area contributed by atoms with Crippen molar-refractivity contribution in [3.63, 3.8) is 0 Å². The maximum absolute atomic E-state index is 10.1. The first kappa shape index (κ1) is 23.6. The van der Waals surface area contributed by atoms with Crippen molar-refractivity contribution in [3.8, 4) is 23.0 Å². The number of rotatable bonds is 7. The summed E-state index contributed by atoms with van der Waals surface area (Å²) in [6, 6.07) is 22.2. The lowest BCUT2D eigenvalue weighted by Gasteiger charge is -2.45. The molecule has 0 bridgehead atoms. The van der Waals surface area contributed by atoms with Crippen molar-refractivity contribution in [3.05, 3.63) is 83.4 Å². The fourth-order valence-corrected chi connectivity index (χ4v) is 5.64. The Hall–Kier alpha value is -3.18. The largest absolute Gasteiger partial charge is 0.508 e. The minimum Gasteiger partial charge on any atom is -0.508 e. The number of methoxy groups -OCH3 is 1. The second-order valence-corrected chi connectivity index (χ2v) is 10.1. The third kappa shape index (κ3) is 4.96. The van der Waals surface area contributed by atoms with Crippen LogP contribution in [0, 0.1) is 0 Å². The fourth-order valence-electron chi connectivity index (χ4n) is 5.64. The number of phenolic OH excluding ortho intramolecular Hbond substituents is 1. The van der Waals surface area contributed by atoms with E-state index in [-0.39, 0.29) is 17.6 Å². The SMILES string of the molecule is COc1ccc([C@H]2[C@H](c3ccc(OCCN4CCCC4)cc3)c3ccc(O)cc3OC2(C)C)cc1. The van der Waals surface area contributed by atoms with Crippen molar-refractivity contribution in [1.29, 1.82) is 0 Å². The fraction of sp³-hybridized carbons (Fsp3) is 0.400. The molecule has 2 heterocycles. The van der Waals surface area contributed by atoms with E-state index in [1.807, 2.05) is 18.2 Å². The van der Waals surface area contributed by atoms with E-state index in [1.54, 1.807) is 19.2 Å². The van der Waals surface area contributed by atoms with E-state index in [1.165, 1.54) is 37.1 Å². The number of hydrogen-bond acceptors (Lipinski definition) is 5. The van der Waals surface area contributed by atoms with Crippen LogP contribution in [0.2, 0.25) is 0 Å². The van der Waals surface area contributed by atoms with Crippen molar-refractivity contribution in [1.82, 2.24) is 4.90 Å². The molecule has 1 fully saturated rings. The van der Waals surface area contributed by atoms with Gasteiger partial charge in [-0.1, -0.05) is 30.3 Å². The molecule has 1 N–H and O–H groups in total. The van der Waals surface area contributed by atoms with Crippen LogP contribution in [0.1, 0.15) is 55.2 Å². The zero-order chi connectivity index (χ0) is 24.4. The van der Waals surface area contributed by atoms with Crippen LogP contribution in [0.4, 0.5) is 0 Å². The maximum Gasteiger partial charge on any atom is 0.127 e. The number of fused-ring (bicyclic) bond motifs is 1. The van der Waals surface area contributed by atoms with Crippen LogP contribution in [0.15, 0.2) is 66.7 Å². The summed E-state index contributed by atoms with van der Waals surface area (Å²) >= 11 is 0. The Morgan fingerprint density at radius 3 is 2.26 bits per heavy atom. The molecular weight excluding hydrogens is 438 g/mol. The average molecular weight is 474 g/mol. The number of hydrogen-bond donors (Lipinski definition) is 1. The summed E-state index contributed by atoms with van der Waals surface area (Å²) in [5.41, 5.74) is 2.96. The Morgan fingerprint density at radius 1 is 0.914 bits per heavy atom. The van der Waals surface area contributed by atoms with E-state index in [2.05, 4.69) is 55.1 Å². The lowest BCUT2D eigenvalue weighted by atomic mass is 9.68. The minimum atomic E-state index is -0.495. The number of nitrogens with zero attached hydrogens (tertiary/aromatic N) is 1. The Morgan fingerprint density at radius 2 is 1.57 bits per heavy atom. The second kappa shape index (κ2) is 9.82. The highest BCUT2D eigenvalue weighted by Crippen LogP contribution is 2.53. The van der Waals surface area contributed by atoms with E-state index in [0.717, 1.165) is 29.4 Å². The van der Waals surface area contributed by atoms with E-state index in [9.17, 15) is 5.11 Å². The predicted molar refractivity (Wildman–Crippen MR) is 138 cm³/mol. The van der Waals surface area contributed by atoms with E-state index < -0.39 is 5.60 Å². The Labute approximate surface area is 208 Å². The van der Waals surface area contributed by atoms with Gasteiger partial charge in [0, 0.05) is 30.0 Å². The van der Waals surface area contributed by atoms with Gasteiger partial charge in [-0.25, -0.2) is 0 Å². The van der Waals surface area contributed by atoms with Crippen LogP contribution in [-0.4, -0.2) is 49.0 Å². The molecule has 184 valence electrons. The van der Waals surface area contributed by atoms with Gasteiger partial charge >= 0.3 is 0 Å². The summed E-state index contributed by atoms with van der Waals surface area (Å²) in [5, 5.41) is 10.1. The quantitative estimate of drug-likeness (QED) is 0.459. The Kier molecular flexibility index (Phi) is 6.61. The number of benzene rings is 3. The molecule has 5 rings (SSSR count). The minimum absolute atomic E-state index is 0.0568. The molecule has 0 spiro atoms. The normalized spacial score (nSPS) is 21.2. The molecule has 3 aromatic rings. The van der Waals surface area contributed by atoms with Crippen LogP contribution < -0.4 is 14.2 Å². The van der Waals surface area contributed by atoms with Gasteiger partial charge in [0.05, 0.1) is 7.11 Å². The lowest BCUT2D eigenvalue weighted by Crippen LogP contribution is -2.43. The average Bonchev–Trinajstić information content (AvgIpc) is 3.37. The smallest absolute Gasteiger partial charge is 0.127 e. The van der Waals surface area contributed by atoms with Gasteiger partial charge in [-0.2, -0.15) is 0 Å². The summed E-state index contributed by atoms with van der Waals surface area (Å²) in [6.07, 6.45) is 2.59. The summed E-state index contributed by atoms with van der Waals surface area (Å²) in [5.74, 6) is 2.79. The summed E-state index contributed by atoms with van der Waals surface area (Å²) < 4.78 is 17.9. The first-order valence-corrected chi connectivity index (χ1v) is 12.6. The molecule has 0 aliphatic carbocycles. The van der Waals surface area contributed by atoms with Crippen molar-refractivity contribution in [2.45, 2.75) is 44.1 Å². The second-order valence-electron chi connectivity index (χ2n) is 10.1. The molecule has 2 atom stereocenters. The third-order valence-electron chi connectivity index (χ3n) is 7.38. The molecular formula is C30H35NO4. The van der Waals surface area contributed by atoms with E-state index >= 15 is 0 Å². The molecule has 35 heavy (non-hydrogen) atoms. The van der Waals surface area contributed by atoms with Gasteiger partial charge in [0.15, 0.2) is 0 Å². The Bertz CT molecular complexity index is 1130. The molecule has 0 saturated carbocycles. The van der Waals surface area contributed by atoms with Gasteiger partial charge in [-0.05, 0) is 81.2 Å². The lowest BCUT2D eigenvalue weighted by molar-refractivity contribution is 0.0528. The van der Waals surface area contributed by atoms with E-state index in [0.29, 0.717) is 6.61 Å². The van der Waals surface area contributed by atoms with E-state index in [4.69, 9.17) is 14.2 Å². The maximum atomic E-state index is 10.1. The highest BCUT2D eigenvalue weighted by atomic mass is 16.5. The first-order chi connectivity index (χ1) is 16.9. The van der Waals surface area contributed by atoms with Gasteiger partial charge in [0.25, 0.3) is 0 Å². The standard InChI is InChI=1S/C30H35NO4/c1-30(2)29(22-8-11-24(33-3)12-9-22)28(26-15-10-23(32)20-27(26)35-30)21-6-13-25(14-7-21)34-19-18-31-16-4-5-17-31/h6-15,20,28-29,32H,4-5,16-19H2,1-3H3/t28-,29+/m1/s1. The summed E-state index contributed by atoms with van der Waals surface area (Å²) in [4.78, 5) is 2.46. The summed E-state index contributed by atoms with van der Waals surface area (Å²) in [6.45, 7) is 8.30. The third-order valence-corrected chi connectivity index (χ3v) is 7.38. The molecule has 0 aromatic heterocycles. The predicted octanol–water partition coefficient (Wildman–Crippen LogP) is 5.96. The molecule has 1 saturated heterocycles. The topological polar surface area (TPSA) is 51.2 Å². The molecule has 3 aromatic carbocycles. The van der Waals surface area contributed by atoms with Crippen molar-refractivity contribution in [2.75, 3.05) is 33.4 Å². The zero-order valence-electron chi connectivity index (χ0n) is 20.9. The Balaban J connectivity index is 1.46. The highest BCUT2D eigenvalue weighted by molar-refractivity contribution is 5.52. The van der Waals surface area contributed by atoms with Crippen LogP contribution >= 0.6 is 0 Å². The van der Waals surface area contributed by atoms with Crippen LogP contribution in [0.5, 0.6) is 23.0 Å². The van der Waals surface area contributed by atoms with Crippen molar-refractivity contribution >= 4 is 0 Å². The zero-order valence-corrected chi connectivity index (χ0v) is 20.9. The molecule has 0 amide bonds. The number of ether oxygens (including phenoxy) is 3. The monoisotopic (exact) mass is 473 g/mol. The summed E-state index contributed by atoms with van der Waals surface area (Å²) in [7, 11) is 1.68. The van der Waals surface area contributed by atoms with Gasteiger partial charge < -0.3 is 19.3 Å².